The lowest BCUT2D eigenvalue weighted by Gasteiger charge is -2.39. The van der Waals surface area contributed by atoms with Gasteiger partial charge in [-0.05, 0) is 19.4 Å². The third-order valence-corrected chi connectivity index (χ3v) is 4.72. The van der Waals surface area contributed by atoms with E-state index < -0.39 is 0 Å². The molecule has 6 heteroatoms. The lowest BCUT2D eigenvalue weighted by Crippen LogP contribution is -2.48. The number of fused-ring (bicyclic) bond motifs is 3. The maximum Gasteiger partial charge on any atom is 0.293 e. The highest BCUT2D eigenvalue weighted by molar-refractivity contribution is 6.01. The summed E-state index contributed by atoms with van der Waals surface area (Å²) in [5.41, 5.74) is 2.18. The monoisotopic (exact) mass is 325 g/mol. The Balaban J connectivity index is 1.74. The standard InChI is InChI=1S/C18H19N3O3/c1-3-14-19-11(2)15(24-14)18(23)21-10-6-9-20-16(21)12-7-4-5-8-13(12)17(20)22/h4-5,7-8,16H,3,6,9-10H2,1-2H3/t16-/m1/s1. The van der Waals surface area contributed by atoms with Crippen molar-refractivity contribution >= 4 is 11.8 Å². The van der Waals surface area contributed by atoms with E-state index in [0.29, 0.717) is 36.7 Å². The van der Waals surface area contributed by atoms with E-state index >= 15 is 0 Å². The topological polar surface area (TPSA) is 66.7 Å². The molecule has 1 atom stereocenters. The molecule has 0 aliphatic carbocycles. The smallest absolute Gasteiger partial charge is 0.293 e. The molecule has 2 aromatic rings. The number of benzene rings is 1. The van der Waals surface area contributed by atoms with Crippen LogP contribution in [0.15, 0.2) is 28.7 Å². The van der Waals surface area contributed by atoms with Gasteiger partial charge in [-0.25, -0.2) is 4.98 Å². The molecule has 4 rings (SSSR count). The van der Waals surface area contributed by atoms with Crippen molar-refractivity contribution in [3.63, 3.8) is 0 Å². The van der Waals surface area contributed by atoms with Crippen molar-refractivity contribution in [2.24, 2.45) is 0 Å². The summed E-state index contributed by atoms with van der Waals surface area (Å²) in [6.45, 7) is 4.99. The Morgan fingerprint density at radius 1 is 1.33 bits per heavy atom. The second kappa shape index (κ2) is 5.47. The van der Waals surface area contributed by atoms with Crippen molar-refractivity contribution in [2.45, 2.75) is 32.9 Å². The van der Waals surface area contributed by atoms with Gasteiger partial charge in [0.1, 0.15) is 6.17 Å². The van der Waals surface area contributed by atoms with Crippen LogP contribution in [0.1, 0.15) is 57.6 Å². The molecule has 0 saturated carbocycles. The third-order valence-electron chi connectivity index (χ3n) is 4.72. The number of rotatable bonds is 2. The first kappa shape index (κ1) is 14.9. The average Bonchev–Trinajstić information content (AvgIpc) is 3.13. The molecule has 2 amide bonds. The van der Waals surface area contributed by atoms with Gasteiger partial charge in [0, 0.05) is 30.6 Å². The van der Waals surface area contributed by atoms with Crippen molar-refractivity contribution in [3.05, 3.63) is 52.7 Å². The number of aromatic nitrogens is 1. The van der Waals surface area contributed by atoms with Crippen molar-refractivity contribution in [3.8, 4) is 0 Å². The van der Waals surface area contributed by atoms with Gasteiger partial charge >= 0.3 is 0 Å². The highest BCUT2D eigenvalue weighted by Crippen LogP contribution is 2.39. The largest absolute Gasteiger partial charge is 0.435 e. The molecule has 1 aromatic carbocycles. The molecule has 124 valence electrons. The first-order valence-corrected chi connectivity index (χ1v) is 8.29. The van der Waals surface area contributed by atoms with E-state index in [0.717, 1.165) is 12.0 Å². The second-order valence-electron chi connectivity index (χ2n) is 6.19. The van der Waals surface area contributed by atoms with Gasteiger partial charge in [0.05, 0.1) is 5.69 Å². The van der Waals surface area contributed by atoms with Crippen molar-refractivity contribution in [1.82, 2.24) is 14.8 Å². The Morgan fingerprint density at radius 2 is 2.12 bits per heavy atom. The normalized spacial score (nSPS) is 19.4. The molecule has 24 heavy (non-hydrogen) atoms. The first-order valence-electron chi connectivity index (χ1n) is 8.29. The molecule has 2 aliphatic heterocycles. The van der Waals surface area contributed by atoms with Crippen LogP contribution in [-0.4, -0.2) is 39.7 Å². The predicted molar refractivity (Wildman–Crippen MR) is 86.5 cm³/mol. The van der Waals surface area contributed by atoms with E-state index in [1.807, 2.05) is 31.2 Å². The molecule has 6 nitrogen and oxygen atoms in total. The quantitative estimate of drug-likeness (QED) is 0.851. The third kappa shape index (κ3) is 2.06. The number of amides is 2. The number of oxazole rings is 1. The molecule has 3 heterocycles. The number of aryl methyl sites for hydroxylation is 2. The Hall–Kier alpha value is -2.63. The lowest BCUT2D eigenvalue weighted by molar-refractivity contribution is 0.0144. The van der Waals surface area contributed by atoms with E-state index in [4.69, 9.17) is 4.42 Å². The molecule has 1 fully saturated rings. The fourth-order valence-electron chi connectivity index (χ4n) is 3.59. The lowest BCUT2D eigenvalue weighted by atomic mass is 10.1. The molecular formula is C18H19N3O3. The fourth-order valence-corrected chi connectivity index (χ4v) is 3.59. The Labute approximate surface area is 140 Å². The van der Waals surface area contributed by atoms with Gasteiger partial charge in [-0.1, -0.05) is 25.1 Å². The molecule has 1 saturated heterocycles. The number of nitrogens with zero attached hydrogens (tertiary/aromatic N) is 3. The zero-order chi connectivity index (χ0) is 16.8. The van der Waals surface area contributed by atoms with Crippen molar-refractivity contribution < 1.29 is 14.0 Å². The van der Waals surface area contributed by atoms with Crippen LogP contribution in [0.4, 0.5) is 0 Å². The Kier molecular flexibility index (Phi) is 3.40. The molecule has 0 unspecified atom stereocenters. The number of hydrogen-bond acceptors (Lipinski definition) is 4. The second-order valence-corrected chi connectivity index (χ2v) is 6.19. The molecule has 2 aliphatic rings. The van der Waals surface area contributed by atoms with Gasteiger partial charge < -0.3 is 14.2 Å². The Morgan fingerprint density at radius 3 is 2.88 bits per heavy atom. The van der Waals surface area contributed by atoms with Crippen LogP contribution in [0.25, 0.3) is 0 Å². The summed E-state index contributed by atoms with van der Waals surface area (Å²) in [4.78, 5) is 33.5. The van der Waals surface area contributed by atoms with E-state index in [1.165, 1.54) is 0 Å². The fraction of sp³-hybridized carbons (Fsp3) is 0.389. The van der Waals surface area contributed by atoms with Gasteiger partial charge in [-0.2, -0.15) is 0 Å². The van der Waals surface area contributed by atoms with Crippen LogP contribution in [-0.2, 0) is 6.42 Å². The highest BCUT2D eigenvalue weighted by atomic mass is 16.4. The van der Waals surface area contributed by atoms with E-state index in [9.17, 15) is 9.59 Å². The zero-order valence-electron chi connectivity index (χ0n) is 13.8. The molecular weight excluding hydrogens is 306 g/mol. The minimum atomic E-state index is -0.343. The maximum atomic E-state index is 13.1. The summed E-state index contributed by atoms with van der Waals surface area (Å²) in [6, 6.07) is 7.51. The minimum Gasteiger partial charge on any atom is -0.435 e. The van der Waals surface area contributed by atoms with E-state index in [-0.39, 0.29) is 23.7 Å². The zero-order valence-corrected chi connectivity index (χ0v) is 13.8. The Bertz CT molecular complexity index is 827. The van der Waals surface area contributed by atoms with Gasteiger partial charge in [0.25, 0.3) is 11.8 Å². The van der Waals surface area contributed by atoms with Crippen LogP contribution in [0.5, 0.6) is 0 Å². The number of hydrogen-bond donors (Lipinski definition) is 0. The summed E-state index contributed by atoms with van der Waals surface area (Å²) < 4.78 is 5.64. The van der Waals surface area contributed by atoms with Crippen LogP contribution in [0.2, 0.25) is 0 Å². The SMILES string of the molecule is CCc1nc(C)c(C(=O)N2CCCN3C(=O)c4ccccc4[C@H]32)o1. The highest BCUT2D eigenvalue weighted by Gasteiger charge is 2.44. The van der Waals surface area contributed by atoms with Gasteiger partial charge in [-0.15, -0.1) is 0 Å². The van der Waals surface area contributed by atoms with Crippen LogP contribution in [0, 0.1) is 6.92 Å². The van der Waals surface area contributed by atoms with Crippen LogP contribution < -0.4 is 0 Å². The number of carbonyl (C=O) groups excluding carboxylic acids is 2. The molecule has 0 radical (unpaired) electrons. The predicted octanol–water partition coefficient (Wildman–Crippen LogP) is 2.55. The van der Waals surface area contributed by atoms with Crippen molar-refractivity contribution in [2.75, 3.05) is 13.1 Å². The maximum absolute atomic E-state index is 13.1. The summed E-state index contributed by atoms with van der Waals surface area (Å²) in [5, 5.41) is 0. The summed E-state index contributed by atoms with van der Waals surface area (Å²) in [6.07, 6.45) is 1.06. The minimum absolute atomic E-state index is 0.00311. The summed E-state index contributed by atoms with van der Waals surface area (Å²) in [5.74, 6) is 0.647. The van der Waals surface area contributed by atoms with E-state index in [2.05, 4.69) is 4.98 Å². The van der Waals surface area contributed by atoms with Gasteiger partial charge in [0.2, 0.25) is 5.76 Å². The van der Waals surface area contributed by atoms with E-state index in [1.54, 1.807) is 16.7 Å². The molecule has 0 bridgehead atoms. The summed E-state index contributed by atoms with van der Waals surface area (Å²) in [7, 11) is 0. The molecule has 0 spiro atoms. The summed E-state index contributed by atoms with van der Waals surface area (Å²) >= 11 is 0. The van der Waals surface area contributed by atoms with Gasteiger partial charge in [-0.3, -0.25) is 9.59 Å². The average molecular weight is 325 g/mol. The molecule has 1 aromatic heterocycles. The van der Waals surface area contributed by atoms with Crippen LogP contribution >= 0.6 is 0 Å². The molecule has 0 N–H and O–H groups in total. The first-order chi connectivity index (χ1) is 11.6. The number of carbonyl (C=O) groups is 2. The van der Waals surface area contributed by atoms with Gasteiger partial charge in [0.15, 0.2) is 5.89 Å². The van der Waals surface area contributed by atoms with Crippen molar-refractivity contribution in [1.29, 1.82) is 0 Å². The van der Waals surface area contributed by atoms with Crippen LogP contribution in [0.3, 0.4) is 0 Å².